The first-order chi connectivity index (χ1) is 9.10. The molecule has 19 heavy (non-hydrogen) atoms. The van der Waals surface area contributed by atoms with E-state index in [-0.39, 0.29) is 11.8 Å². The lowest BCUT2D eigenvalue weighted by Gasteiger charge is -2.36. The summed E-state index contributed by atoms with van der Waals surface area (Å²) < 4.78 is 5.62. The number of nitrogens with zero attached hydrogens (tertiary/aromatic N) is 2. The van der Waals surface area contributed by atoms with E-state index in [9.17, 15) is 9.90 Å². The molecule has 102 valence electrons. The third-order valence-corrected chi connectivity index (χ3v) is 3.87. The Morgan fingerprint density at radius 3 is 2.84 bits per heavy atom. The van der Waals surface area contributed by atoms with Gasteiger partial charge >= 0.3 is 6.09 Å². The Bertz CT molecular complexity index is 505. The maximum atomic E-state index is 12.1. The van der Waals surface area contributed by atoms with Crippen LogP contribution in [-0.4, -0.2) is 48.4 Å². The van der Waals surface area contributed by atoms with E-state index >= 15 is 0 Å². The van der Waals surface area contributed by atoms with Crippen LogP contribution in [0.3, 0.4) is 0 Å². The predicted molar refractivity (Wildman–Crippen MR) is 71.4 cm³/mol. The summed E-state index contributed by atoms with van der Waals surface area (Å²) in [4.78, 5) is 15.8. The zero-order valence-electron chi connectivity index (χ0n) is 11.0. The van der Waals surface area contributed by atoms with Crippen LogP contribution in [0.25, 0.3) is 0 Å². The van der Waals surface area contributed by atoms with E-state index in [0.717, 1.165) is 25.9 Å². The minimum absolute atomic E-state index is 0.112. The van der Waals surface area contributed by atoms with E-state index in [2.05, 4.69) is 4.90 Å². The van der Waals surface area contributed by atoms with Crippen molar-refractivity contribution in [3.63, 3.8) is 0 Å². The van der Waals surface area contributed by atoms with E-state index in [1.807, 2.05) is 7.05 Å². The lowest BCUT2D eigenvalue weighted by atomic mass is 9.93. The number of carbonyl (C=O) groups is 1. The average molecular weight is 262 g/mol. The third kappa shape index (κ3) is 2.14. The van der Waals surface area contributed by atoms with Gasteiger partial charge < -0.3 is 14.7 Å². The first kappa shape index (κ1) is 12.3. The molecule has 3 rings (SSSR count). The molecule has 2 aliphatic rings. The van der Waals surface area contributed by atoms with Crippen LogP contribution in [0.1, 0.15) is 12.8 Å². The average Bonchev–Trinajstić information content (AvgIpc) is 2.66. The zero-order chi connectivity index (χ0) is 13.5. The van der Waals surface area contributed by atoms with Crippen LogP contribution in [0.15, 0.2) is 24.3 Å². The van der Waals surface area contributed by atoms with Crippen LogP contribution in [0, 0.1) is 0 Å². The molecule has 0 radical (unpaired) electrons. The number of phenols is 1. The number of benzene rings is 1. The highest BCUT2D eigenvalue weighted by atomic mass is 16.6. The Balaban J connectivity index is 1.86. The number of piperidine rings is 1. The molecular formula is C14H18N2O3. The number of hydrogen-bond acceptors (Lipinski definition) is 4. The number of hydrogen-bond donors (Lipinski definition) is 1. The van der Waals surface area contributed by atoms with Gasteiger partial charge in [0.1, 0.15) is 11.4 Å². The van der Waals surface area contributed by atoms with Crippen molar-refractivity contribution in [2.24, 2.45) is 0 Å². The molecule has 2 heterocycles. The number of phenolic OH excluding ortho intramolecular Hbond substituents is 1. The van der Waals surface area contributed by atoms with Crippen LogP contribution < -0.4 is 4.90 Å². The van der Waals surface area contributed by atoms with Gasteiger partial charge in [-0.3, -0.25) is 4.90 Å². The van der Waals surface area contributed by atoms with Crippen molar-refractivity contribution >= 4 is 11.8 Å². The molecule has 0 saturated carbocycles. The first-order valence-corrected chi connectivity index (χ1v) is 6.57. The predicted octanol–water partition coefficient (Wildman–Crippen LogP) is 1.81. The highest BCUT2D eigenvalue weighted by Crippen LogP contribution is 2.37. The van der Waals surface area contributed by atoms with E-state index in [1.54, 1.807) is 24.3 Å². The van der Waals surface area contributed by atoms with Crippen molar-refractivity contribution in [1.29, 1.82) is 0 Å². The lowest BCUT2D eigenvalue weighted by Crippen LogP contribution is -2.49. The van der Waals surface area contributed by atoms with Gasteiger partial charge in [-0.15, -0.1) is 0 Å². The number of likely N-dealkylation sites (tertiary alicyclic amines) is 1. The maximum absolute atomic E-state index is 12.1. The molecule has 1 amide bonds. The summed E-state index contributed by atoms with van der Waals surface area (Å²) in [6, 6.07) is 6.87. The topological polar surface area (TPSA) is 53.0 Å². The quantitative estimate of drug-likeness (QED) is 0.838. The largest absolute Gasteiger partial charge is 0.506 e. The summed E-state index contributed by atoms with van der Waals surface area (Å²) in [5, 5.41) is 9.87. The number of para-hydroxylation sites is 2. The summed E-state index contributed by atoms with van der Waals surface area (Å²) in [5.41, 5.74) is 0.101. The molecule has 1 aromatic carbocycles. The van der Waals surface area contributed by atoms with Gasteiger partial charge in [0, 0.05) is 6.54 Å². The van der Waals surface area contributed by atoms with Crippen LogP contribution in [0.2, 0.25) is 0 Å². The molecule has 2 fully saturated rings. The summed E-state index contributed by atoms with van der Waals surface area (Å²) in [6.45, 7) is 2.30. The summed E-state index contributed by atoms with van der Waals surface area (Å²) in [6.07, 6.45) is 1.54. The smallest absolute Gasteiger partial charge is 0.415 e. The van der Waals surface area contributed by atoms with Crippen molar-refractivity contribution in [2.75, 3.05) is 31.6 Å². The van der Waals surface area contributed by atoms with E-state index < -0.39 is 5.60 Å². The van der Waals surface area contributed by atoms with Crippen LogP contribution >= 0.6 is 0 Å². The fourth-order valence-electron chi connectivity index (χ4n) is 3.03. The van der Waals surface area contributed by atoms with Crippen LogP contribution in [0.4, 0.5) is 10.5 Å². The Labute approximate surface area is 112 Å². The second-order valence-corrected chi connectivity index (χ2v) is 5.47. The fourth-order valence-corrected chi connectivity index (χ4v) is 3.03. The maximum Gasteiger partial charge on any atom is 0.415 e. The molecule has 5 nitrogen and oxygen atoms in total. The zero-order valence-corrected chi connectivity index (χ0v) is 11.0. The van der Waals surface area contributed by atoms with Gasteiger partial charge in [-0.2, -0.15) is 0 Å². The minimum Gasteiger partial charge on any atom is -0.506 e. The van der Waals surface area contributed by atoms with Gasteiger partial charge in [0.2, 0.25) is 0 Å². The molecule has 1 aromatic rings. The highest BCUT2D eigenvalue weighted by molar-refractivity contribution is 5.92. The third-order valence-electron chi connectivity index (χ3n) is 3.87. The molecule has 2 aliphatic heterocycles. The Kier molecular flexibility index (Phi) is 2.86. The number of carbonyl (C=O) groups excluding carboxylic acids is 1. The molecular weight excluding hydrogens is 244 g/mol. The molecule has 0 aliphatic carbocycles. The fraction of sp³-hybridized carbons (Fsp3) is 0.500. The molecule has 1 spiro atoms. The normalized spacial score (nSPS) is 27.8. The van der Waals surface area contributed by atoms with E-state index in [4.69, 9.17) is 4.74 Å². The molecule has 1 N–H and O–H groups in total. The van der Waals surface area contributed by atoms with Crippen molar-refractivity contribution in [3.05, 3.63) is 24.3 Å². The van der Waals surface area contributed by atoms with E-state index in [1.165, 1.54) is 4.90 Å². The van der Waals surface area contributed by atoms with Crippen molar-refractivity contribution in [1.82, 2.24) is 4.90 Å². The molecule has 1 unspecified atom stereocenters. The van der Waals surface area contributed by atoms with Gasteiger partial charge in [-0.25, -0.2) is 4.79 Å². The first-order valence-electron chi connectivity index (χ1n) is 6.57. The van der Waals surface area contributed by atoms with Gasteiger partial charge in [-0.1, -0.05) is 12.1 Å². The second-order valence-electron chi connectivity index (χ2n) is 5.47. The minimum atomic E-state index is -0.424. The summed E-state index contributed by atoms with van der Waals surface area (Å²) >= 11 is 0. The van der Waals surface area contributed by atoms with Crippen molar-refractivity contribution in [2.45, 2.75) is 18.4 Å². The number of ether oxygens (including phenoxy) is 1. The standard InChI is InChI=1S/C14H18N2O3/c1-15-8-4-7-14(9-15)10-16(13(18)19-14)11-5-2-3-6-12(11)17/h2-3,5-6,17H,4,7-10H2,1H3. The molecule has 1 atom stereocenters. The lowest BCUT2D eigenvalue weighted by molar-refractivity contribution is -0.000385. The monoisotopic (exact) mass is 262 g/mol. The second kappa shape index (κ2) is 4.42. The SMILES string of the molecule is CN1CCCC2(C1)CN(c1ccccc1O)C(=O)O2. The molecule has 0 bridgehead atoms. The van der Waals surface area contributed by atoms with Gasteiger partial charge in [0.05, 0.1) is 12.2 Å². The van der Waals surface area contributed by atoms with E-state index in [0.29, 0.717) is 12.2 Å². The van der Waals surface area contributed by atoms with Gasteiger partial charge in [0.15, 0.2) is 0 Å². The Hall–Kier alpha value is -1.75. The number of likely N-dealkylation sites (N-methyl/N-ethyl adjacent to an activating group) is 1. The molecule has 5 heteroatoms. The van der Waals surface area contributed by atoms with Crippen molar-refractivity contribution < 1.29 is 14.6 Å². The van der Waals surface area contributed by atoms with Crippen LogP contribution in [0.5, 0.6) is 5.75 Å². The Morgan fingerprint density at radius 2 is 2.11 bits per heavy atom. The molecule has 2 saturated heterocycles. The van der Waals surface area contributed by atoms with Gasteiger partial charge in [0.25, 0.3) is 0 Å². The number of amides is 1. The van der Waals surface area contributed by atoms with Crippen LogP contribution in [-0.2, 0) is 4.74 Å². The molecule has 0 aromatic heterocycles. The highest BCUT2D eigenvalue weighted by Gasteiger charge is 2.47. The summed E-state index contributed by atoms with van der Waals surface area (Å²) in [5.74, 6) is 0.112. The Morgan fingerprint density at radius 1 is 1.32 bits per heavy atom. The number of anilines is 1. The summed E-state index contributed by atoms with van der Waals surface area (Å²) in [7, 11) is 2.04. The number of rotatable bonds is 1. The van der Waals surface area contributed by atoms with Crippen molar-refractivity contribution in [3.8, 4) is 5.75 Å². The number of aromatic hydroxyl groups is 1. The van der Waals surface area contributed by atoms with Gasteiger partial charge in [-0.05, 0) is 38.6 Å².